The van der Waals surface area contributed by atoms with Crippen molar-refractivity contribution < 1.29 is 22.7 Å². The first kappa shape index (κ1) is 16.9. The number of halogens is 4. The fourth-order valence-electron chi connectivity index (χ4n) is 2.25. The highest BCUT2D eigenvalue weighted by molar-refractivity contribution is 6.33. The van der Waals surface area contributed by atoms with Gasteiger partial charge in [0.2, 0.25) is 0 Å². The highest BCUT2D eigenvalue weighted by Crippen LogP contribution is 2.33. The Hall–Kier alpha value is -1.47. The Morgan fingerprint density at radius 1 is 1.45 bits per heavy atom. The molecule has 0 aromatic heterocycles. The van der Waals surface area contributed by atoms with E-state index in [0.717, 1.165) is 31.0 Å². The molecule has 22 heavy (non-hydrogen) atoms. The molecule has 2 rings (SSSR count). The number of amides is 2. The van der Waals surface area contributed by atoms with Crippen molar-refractivity contribution in [2.45, 2.75) is 38.1 Å². The summed E-state index contributed by atoms with van der Waals surface area (Å²) in [6.07, 6.45) is -2.81. The number of carbonyl (C=O) groups excluding carboxylic acids is 1. The number of alkyl halides is 3. The largest absolute Gasteiger partial charge is 0.416 e. The minimum Gasteiger partial charge on any atom is -0.376 e. The maximum atomic E-state index is 12.7. The van der Waals surface area contributed by atoms with Gasteiger partial charge in [-0.05, 0) is 38.0 Å². The highest BCUT2D eigenvalue weighted by Gasteiger charge is 2.31. The summed E-state index contributed by atoms with van der Waals surface area (Å²) in [5, 5.41) is 5.02. The Bertz CT molecular complexity index is 545. The Morgan fingerprint density at radius 3 is 2.77 bits per heavy atom. The van der Waals surface area contributed by atoms with E-state index in [0.29, 0.717) is 6.61 Å². The Balaban J connectivity index is 2.01. The molecular weight excluding hydrogens is 321 g/mol. The number of benzene rings is 1. The normalized spacial score (nSPS) is 19.8. The molecule has 1 aromatic rings. The van der Waals surface area contributed by atoms with Crippen LogP contribution in [0.1, 0.15) is 25.3 Å². The molecule has 1 heterocycles. The van der Waals surface area contributed by atoms with E-state index in [-0.39, 0.29) is 22.9 Å². The summed E-state index contributed by atoms with van der Waals surface area (Å²) in [4.78, 5) is 11.9. The Labute approximate surface area is 131 Å². The molecule has 0 bridgehead atoms. The topological polar surface area (TPSA) is 50.4 Å². The molecule has 2 N–H and O–H groups in total. The smallest absolute Gasteiger partial charge is 0.376 e. The zero-order valence-corrected chi connectivity index (χ0v) is 12.6. The molecular formula is C14H16ClF3N2O2. The maximum absolute atomic E-state index is 12.7. The van der Waals surface area contributed by atoms with Crippen LogP contribution in [0.15, 0.2) is 18.2 Å². The molecule has 1 aromatic carbocycles. The molecule has 1 fully saturated rings. The number of hydrogen-bond donors (Lipinski definition) is 2. The van der Waals surface area contributed by atoms with Crippen LogP contribution in [0.3, 0.4) is 0 Å². The van der Waals surface area contributed by atoms with E-state index in [9.17, 15) is 18.0 Å². The van der Waals surface area contributed by atoms with Crippen LogP contribution in [0.2, 0.25) is 5.02 Å². The first-order chi connectivity index (χ1) is 10.3. The SMILES string of the molecule is C[C@H](NC(=O)Nc1cc(C(F)(F)F)ccc1Cl)[C@@H]1CCCO1. The van der Waals surface area contributed by atoms with Crippen LogP contribution in [0.4, 0.5) is 23.7 Å². The van der Waals surface area contributed by atoms with Gasteiger partial charge in [-0.1, -0.05) is 11.6 Å². The summed E-state index contributed by atoms with van der Waals surface area (Å²) in [6, 6.07) is 1.90. The zero-order chi connectivity index (χ0) is 16.3. The van der Waals surface area contributed by atoms with Gasteiger partial charge in [0.05, 0.1) is 28.4 Å². The van der Waals surface area contributed by atoms with E-state index < -0.39 is 17.8 Å². The van der Waals surface area contributed by atoms with Gasteiger partial charge in [0.15, 0.2) is 0 Å². The van der Waals surface area contributed by atoms with Gasteiger partial charge in [0.1, 0.15) is 0 Å². The number of anilines is 1. The van der Waals surface area contributed by atoms with Gasteiger partial charge in [-0.15, -0.1) is 0 Å². The van der Waals surface area contributed by atoms with Gasteiger partial charge in [-0.2, -0.15) is 13.2 Å². The van der Waals surface area contributed by atoms with E-state index in [4.69, 9.17) is 16.3 Å². The summed E-state index contributed by atoms with van der Waals surface area (Å²) in [7, 11) is 0. The molecule has 0 aliphatic carbocycles. The standard InChI is InChI=1S/C14H16ClF3N2O2/c1-8(12-3-2-6-22-12)19-13(21)20-11-7-9(14(16,17)18)4-5-10(11)15/h4-5,7-8,12H,2-3,6H2,1H3,(H2,19,20,21)/t8-,12-/m0/s1. The molecule has 122 valence electrons. The van der Waals surface area contributed by atoms with Crippen LogP contribution in [0.25, 0.3) is 0 Å². The van der Waals surface area contributed by atoms with Crippen molar-refractivity contribution in [1.82, 2.24) is 5.32 Å². The van der Waals surface area contributed by atoms with Crippen LogP contribution in [-0.4, -0.2) is 24.8 Å². The van der Waals surface area contributed by atoms with Gasteiger partial charge in [0.25, 0.3) is 0 Å². The molecule has 0 spiro atoms. The number of ether oxygens (including phenoxy) is 1. The van der Waals surface area contributed by atoms with Crippen molar-refractivity contribution in [1.29, 1.82) is 0 Å². The third kappa shape index (κ3) is 4.27. The quantitative estimate of drug-likeness (QED) is 0.875. The molecule has 1 aliphatic heterocycles. The average molecular weight is 337 g/mol. The van der Waals surface area contributed by atoms with Crippen LogP contribution in [0, 0.1) is 0 Å². The first-order valence-electron chi connectivity index (χ1n) is 6.83. The van der Waals surface area contributed by atoms with E-state index in [1.807, 2.05) is 0 Å². The van der Waals surface area contributed by atoms with Crippen molar-refractivity contribution >= 4 is 23.3 Å². The van der Waals surface area contributed by atoms with Gasteiger partial charge in [0, 0.05) is 6.61 Å². The van der Waals surface area contributed by atoms with E-state index in [1.54, 1.807) is 6.92 Å². The molecule has 0 radical (unpaired) electrons. The number of nitrogens with one attached hydrogen (secondary N) is 2. The molecule has 2 atom stereocenters. The molecule has 2 amide bonds. The number of rotatable bonds is 3. The van der Waals surface area contributed by atoms with Crippen LogP contribution >= 0.6 is 11.6 Å². The predicted molar refractivity (Wildman–Crippen MR) is 77.0 cm³/mol. The van der Waals surface area contributed by atoms with Crippen molar-refractivity contribution in [2.24, 2.45) is 0 Å². The van der Waals surface area contributed by atoms with Gasteiger partial charge < -0.3 is 15.4 Å². The lowest BCUT2D eigenvalue weighted by atomic mass is 10.1. The monoisotopic (exact) mass is 336 g/mol. The molecule has 0 saturated carbocycles. The van der Waals surface area contributed by atoms with E-state index in [1.165, 1.54) is 0 Å². The average Bonchev–Trinajstić information content (AvgIpc) is 2.94. The summed E-state index contributed by atoms with van der Waals surface area (Å²) >= 11 is 5.82. The predicted octanol–water partition coefficient (Wildman–Crippen LogP) is 4.05. The van der Waals surface area contributed by atoms with Crippen LogP contribution in [-0.2, 0) is 10.9 Å². The molecule has 0 unspecified atom stereocenters. The molecule has 1 aliphatic rings. The van der Waals surface area contributed by atoms with Gasteiger partial charge in [-0.3, -0.25) is 0 Å². The van der Waals surface area contributed by atoms with Crippen molar-refractivity contribution in [3.63, 3.8) is 0 Å². The highest BCUT2D eigenvalue weighted by atomic mass is 35.5. The lowest BCUT2D eigenvalue weighted by molar-refractivity contribution is -0.137. The first-order valence-corrected chi connectivity index (χ1v) is 7.21. The minimum absolute atomic E-state index is 0.0351. The lowest BCUT2D eigenvalue weighted by Gasteiger charge is -2.20. The minimum atomic E-state index is -4.50. The van der Waals surface area contributed by atoms with Gasteiger partial charge in [-0.25, -0.2) is 4.79 Å². The summed E-state index contributed by atoms with van der Waals surface area (Å²) in [5.74, 6) is 0. The van der Waals surface area contributed by atoms with Crippen molar-refractivity contribution in [3.05, 3.63) is 28.8 Å². The summed E-state index contributed by atoms with van der Waals surface area (Å²) < 4.78 is 43.4. The third-order valence-electron chi connectivity index (χ3n) is 3.42. The van der Waals surface area contributed by atoms with Crippen LogP contribution in [0.5, 0.6) is 0 Å². The fourth-order valence-corrected chi connectivity index (χ4v) is 2.42. The molecule has 8 heteroatoms. The molecule has 1 saturated heterocycles. The number of urea groups is 1. The molecule has 4 nitrogen and oxygen atoms in total. The summed E-state index contributed by atoms with van der Waals surface area (Å²) in [6.45, 7) is 2.43. The third-order valence-corrected chi connectivity index (χ3v) is 3.75. The number of hydrogen-bond acceptors (Lipinski definition) is 2. The van der Waals surface area contributed by atoms with E-state index >= 15 is 0 Å². The van der Waals surface area contributed by atoms with Crippen LogP contribution < -0.4 is 10.6 Å². The summed E-state index contributed by atoms with van der Waals surface area (Å²) in [5.41, 5.74) is -0.965. The lowest BCUT2D eigenvalue weighted by Crippen LogP contribution is -2.43. The number of carbonyl (C=O) groups is 1. The Kier molecular flexibility index (Phi) is 5.18. The van der Waals surface area contributed by atoms with Crippen molar-refractivity contribution in [3.8, 4) is 0 Å². The maximum Gasteiger partial charge on any atom is 0.416 e. The van der Waals surface area contributed by atoms with Gasteiger partial charge >= 0.3 is 12.2 Å². The zero-order valence-electron chi connectivity index (χ0n) is 11.8. The fraction of sp³-hybridized carbons (Fsp3) is 0.500. The van der Waals surface area contributed by atoms with Crippen molar-refractivity contribution in [2.75, 3.05) is 11.9 Å². The second-order valence-electron chi connectivity index (χ2n) is 5.13. The second kappa shape index (κ2) is 6.75. The van der Waals surface area contributed by atoms with E-state index in [2.05, 4.69) is 10.6 Å². The second-order valence-corrected chi connectivity index (χ2v) is 5.54. The Morgan fingerprint density at radius 2 is 2.18 bits per heavy atom.